The largest absolute Gasteiger partial charge is 0.339 e. The molecule has 0 N–H and O–H groups in total. The lowest BCUT2D eigenvalue weighted by Crippen LogP contribution is -2.58. The van der Waals surface area contributed by atoms with Gasteiger partial charge in [-0.25, -0.2) is 8.42 Å². The number of hydrogen-bond donors (Lipinski definition) is 0. The number of carbonyl (C=O) groups is 3. The summed E-state index contributed by atoms with van der Waals surface area (Å²) in [6, 6.07) is 4.47. The van der Waals surface area contributed by atoms with Gasteiger partial charge in [-0.05, 0) is 19.1 Å². The van der Waals surface area contributed by atoms with Crippen molar-refractivity contribution in [2.45, 2.75) is 11.8 Å². The molecule has 0 aromatic heterocycles. The molecule has 2 fully saturated rings. The second kappa shape index (κ2) is 9.09. The minimum atomic E-state index is -3.91. The van der Waals surface area contributed by atoms with Crippen LogP contribution in [0.3, 0.4) is 0 Å². The van der Waals surface area contributed by atoms with Crippen molar-refractivity contribution < 1.29 is 22.8 Å². The molecule has 164 valence electrons. The Morgan fingerprint density at radius 2 is 1.47 bits per heavy atom. The van der Waals surface area contributed by atoms with Gasteiger partial charge in [0.25, 0.3) is 0 Å². The molecule has 0 radical (unpaired) electrons. The zero-order valence-electron chi connectivity index (χ0n) is 16.4. The predicted molar refractivity (Wildman–Crippen MR) is 111 cm³/mol. The van der Waals surface area contributed by atoms with Crippen molar-refractivity contribution in [3.8, 4) is 0 Å². The van der Waals surface area contributed by atoms with Gasteiger partial charge in [0, 0.05) is 45.8 Å². The van der Waals surface area contributed by atoms with Crippen LogP contribution in [0.4, 0.5) is 0 Å². The summed E-state index contributed by atoms with van der Waals surface area (Å²) in [7, 11) is -3.91. The third kappa shape index (κ3) is 4.41. The van der Waals surface area contributed by atoms with Crippen LogP contribution in [0.25, 0.3) is 0 Å². The Morgan fingerprint density at radius 1 is 0.933 bits per heavy atom. The molecule has 30 heavy (non-hydrogen) atoms. The molecular weight excluding hydrogens is 455 g/mol. The fourth-order valence-corrected chi connectivity index (χ4v) is 5.98. The van der Waals surface area contributed by atoms with E-state index in [-0.39, 0.29) is 53.6 Å². The van der Waals surface area contributed by atoms with Crippen LogP contribution in [-0.2, 0) is 24.4 Å². The molecule has 2 saturated heterocycles. The first-order valence-corrected chi connectivity index (χ1v) is 11.7. The molecular formula is C18H22Cl2N4O5S. The number of rotatable bonds is 5. The quantitative estimate of drug-likeness (QED) is 0.576. The van der Waals surface area contributed by atoms with Crippen LogP contribution in [0.1, 0.15) is 6.92 Å². The van der Waals surface area contributed by atoms with Gasteiger partial charge in [-0.1, -0.05) is 29.3 Å². The highest BCUT2D eigenvalue weighted by molar-refractivity contribution is 7.89. The summed E-state index contributed by atoms with van der Waals surface area (Å²) in [5, 5.41) is 0.0748. The second-order valence-corrected chi connectivity index (χ2v) is 9.64. The van der Waals surface area contributed by atoms with E-state index in [1.807, 2.05) is 0 Å². The molecule has 0 aliphatic carbocycles. The first kappa shape index (κ1) is 22.8. The van der Waals surface area contributed by atoms with Gasteiger partial charge in [0.05, 0.1) is 10.0 Å². The molecule has 2 aliphatic heterocycles. The van der Waals surface area contributed by atoms with E-state index in [9.17, 15) is 22.8 Å². The summed E-state index contributed by atoms with van der Waals surface area (Å²) in [4.78, 5) is 40.8. The van der Waals surface area contributed by atoms with Gasteiger partial charge in [0.15, 0.2) is 0 Å². The second-order valence-electron chi connectivity index (χ2n) is 6.95. The monoisotopic (exact) mass is 476 g/mol. The zero-order valence-corrected chi connectivity index (χ0v) is 18.7. The highest BCUT2D eigenvalue weighted by Gasteiger charge is 2.36. The Bertz CT molecular complexity index is 943. The topological polar surface area (TPSA) is 98.3 Å². The maximum atomic E-state index is 12.9. The van der Waals surface area contributed by atoms with Gasteiger partial charge in [0.1, 0.15) is 11.4 Å². The van der Waals surface area contributed by atoms with Crippen LogP contribution in [0.2, 0.25) is 10.0 Å². The van der Waals surface area contributed by atoms with E-state index in [1.54, 1.807) is 13.0 Å². The zero-order chi connectivity index (χ0) is 22.1. The Hall–Kier alpha value is -1.88. The highest BCUT2D eigenvalue weighted by Crippen LogP contribution is 2.31. The van der Waals surface area contributed by atoms with Crippen LogP contribution < -0.4 is 0 Å². The maximum Gasteiger partial charge on any atom is 0.312 e. The van der Waals surface area contributed by atoms with E-state index in [2.05, 4.69) is 0 Å². The van der Waals surface area contributed by atoms with E-state index in [1.165, 1.54) is 31.1 Å². The number of benzene rings is 1. The number of amides is 3. The van der Waals surface area contributed by atoms with Crippen LogP contribution in [0.15, 0.2) is 23.1 Å². The van der Waals surface area contributed by atoms with Gasteiger partial charge >= 0.3 is 11.8 Å². The summed E-state index contributed by atoms with van der Waals surface area (Å²) >= 11 is 12.1. The van der Waals surface area contributed by atoms with E-state index < -0.39 is 21.8 Å². The molecule has 0 unspecified atom stereocenters. The van der Waals surface area contributed by atoms with E-state index >= 15 is 0 Å². The van der Waals surface area contributed by atoms with Crippen LogP contribution in [0.5, 0.6) is 0 Å². The van der Waals surface area contributed by atoms with E-state index in [4.69, 9.17) is 23.2 Å². The van der Waals surface area contributed by atoms with E-state index in [0.29, 0.717) is 19.6 Å². The minimum Gasteiger partial charge on any atom is -0.339 e. The molecule has 0 saturated carbocycles. The smallest absolute Gasteiger partial charge is 0.312 e. The average molecular weight is 477 g/mol. The van der Waals surface area contributed by atoms with Crippen molar-refractivity contribution in [2.75, 3.05) is 52.4 Å². The molecule has 1 aromatic rings. The van der Waals surface area contributed by atoms with Crippen molar-refractivity contribution in [1.29, 1.82) is 0 Å². The summed E-state index contributed by atoms with van der Waals surface area (Å²) < 4.78 is 27.1. The number of halogens is 2. The van der Waals surface area contributed by atoms with Crippen molar-refractivity contribution in [1.82, 2.24) is 19.0 Å². The molecule has 0 atom stereocenters. The summed E-state index contributed by atoms with van der Waals surface area (Å²) in [5.41, 5.74) is 0. The number of piperazine rings is 2. The SMILES string of the molecule is CCN1CCN(CC(=O)N2CCN(S(=O)(=O)c3c(Cl)cccc3Cl)CC2)C(=O)C1=O. The molecule has 3 rings (SSSR count). The third-order valence-corrected chi connectivity index (χ3v) is 8.07. The minimum absolute atomic E-state index is 0.0374. The van der Waals surface area contributed by atoms with Gasteiger partial charge < -0.3 is 14.7 Å². The number of hydrogen-bond acceptors (Lipinski definition) is 5. The lowest BCUT2D eigenvalue weighted by molar-refractivity contribution is -0.157. The number of nitrogens with zero attached hydrogens (tertiary/aromatic N) is 4. The number of carbonyl (C=O) groups excluding carboxylic acids is 3. The Balaban J connectivity index is 1.61. The Labute approximate surface area is 185 Å². The fraction of sp³-hybridized carbons (Fsp3) is 0.500. The van der Waals surface area contributed by atoms with Crippen LogP contribution in [-0.4, -0.2) is 97.5 Å². The van der Waals surface area contributed by atoms with Crippen LogP contribution in [0, 0.1) is 0 Å². The Morgan fingerprint density at radius 3 is 2.03 bits per heavy atom. The molecule has 1 aromatic carbocycles. The van der Waals surface area contributed by atoms with Gasteiger partial charge in [-0.3, -0.25) is 14.4 Å². The van der Waals surface area contributed by atoms with Crippen molar-refractivity contribution in [3.05, 3.63) is 28.2 Å². The maximum absolute atomic E-state index is 12.9. The molecule has 3 amide bonds. The predicted octanol–water partition coefficient (Wildman–Crippen LogP) is 0.517. The van der Waals surface area contributed by atoms with Crippen molar-refractivity contribution >= 4 is 50.9 Å². The molecule has 2 heterocycles. The molecule has 12 heteroatoms. The Kier molecular flexibility index (Phi) is 6.91. The number of sulfonamides is 1. The normalized spacial score (nSPS) is 18.8. The fourth-order valence-electron chi connectivity index (χ4n) is 3.47. The third-order valence-electron chi connectivity index (χ3n) is 5.21. The van der Waals surface area contributed by atoms with Crippen molar-refractivity contribution in [3.63, 3.8) is 0 Å². The first-order chi connectivity index (χ1) is 14.2. The standard InChI is InChI=1S/C18H22Cl2N4O5S/c1-2-21-6-7-23(18(27)17(21)26)12-15(25)22-8-10-24(11-9-22)30(28,29)16-13(19)4-3-5-14(16)20/h3-5H,2,6-12H2,1H3. The molecule has 2 aliphatic rings. The lowest BCUT2D eigenvalue weighted by Gasteiger charge is -2.37. The molecule has 0 spiro atoms. The van der Waals surface area contributed by atoms with Gasteiger partial charge in [-0.15, -0.1) is 0 Å². The van der Waals surface area contributed by atoms with E-state index in [0.717, 1.165) is 0 Å². The number of likely N-dealkylation sites (N-methyl/N-ethyl adjacent to an activating group) is 1. The molecule has 9 nitrogen and oxygen atoms in total. The van der Waals surface area contributed by atoms with Crippen LogP contribution >= 0.6 is 23.2 Å². The lowest BCUT2D eigenvalue weighted by atomic mass is 10.2. The first-order valence-electron chi connectivity index (χ1n) is 9.47. The van der Waals surface area contributed by atoms with Gasteiger partial charge in [0.2, 0.25) is 15.9 Å². The summed E-state index contributed by atoms with van der Waals surface area (Å²) in [6.07, 6.45) is 0. The average Bonchev–Trinajstić information content (AvgIpc) is 2.71. The molecule has 0 bridgehead atoms. The van der Waals surface area contributed by atoms with Gasteiger partial charge in [-0.2, -0.15) is 4.31 Å². The van der Waals surface area contributed by atoms with Crippen molar-refractivity contribution in [2.24, 2.45) is 0 Å². The summed E-state index contributed by atoms with van der Waals surface area (Å²) in [5.74, 6) is -1.62. The summed E-state index contributed by atoms with van der Waals surface area (Å²) in [6.45, 7) is 3.19. The highest BCUT2D eigenvalue weighted by atomic mass is 35.5.